The maximum absolute atomic E-state index is 12.8. The summed E-state index contributed by atoms with van der Waals surface area (Å²) in [6.07, 6.45) is 1.54. The third-order valence-electron chi connectivity index (χ3n) is 2.71. The van der Waals surface area contributed by atoms with E-state index in [1.54, 1.807) is 18.2 Å². The van der Waals surface area contributed by atoms with Crippen LogP contribution in [0.5, 0.6) is 0 Å². The van der Waals surface area contributed by atoms with Crippen molar-refractivity contribution in [3.63, 3.8) is 0 Å². The van der Waals surface area contributed by atoms with Gasteiger partial charge < -0.3 is 5.11 Å². The van der Waals surface area contributed by atoms with E-state index >= 15 is 0 Å². The number of aliphatic hydroxyl groups is 1. The minimum absolute atomic E-state index is 0.297. The van der Waals surface area contributed by atoms with Gasteiger partial charge in [-0.3, -0.25) is 0 Å². The summed E-state index contributed by atoms with van der Waals surface area (Å²) in [5.41, 5.74) is 2.39. The van der Waals surface area contributed by atoms with Gasteiger partial charge in [0.1, 0.15) is 5.82 Å². The molecule has 0 radical (unpaired) electrons. The van der Waals surface area contributed by atoms with E-state index in [0.29, 0.717) is 17.0 Å². The zero-order chi connectivity index (χ0) is 13.0. The third-order valence-corrected chi connectivity index (χ3v) is 3.08. The monoisotopic (exact) mass is 262 g/mol. The van der Waals surface area contributed by atoms with Gasteiger partial charge in [0.15, 0.2) is 0 Å². The van der Waals surface area contributed by atoms with Crippen LogP contribution in [0.2, 0.25) is 5.02 Å². The van der Waals surface area contributed by atoms with E-state index in [1.807, 2.05) is 18.2 Å². The van der Waals surface area contributed by atoms with Gasteiger partial charge in [0.05, 0.1) is 6.26 Å². The molecular formula is C15H12ClFO. The van der Waals surface area contributed by atoms with Crippen molar-refractivity contribution in [2.45, 2.75) is 6.42 Å². The fourth-order valence-electron chi connectivity index (χ4n) is 1.73. The largest absolute Gasteiger partial charge is 0.515 e. The van der Waals surface area contributed by atoms with Crippen LogP contribution in [0.1, 0.15) is 11.1 Å². The molecular weight excluding hydrogens is 251 g/mol. The number of hydrogen-bond acceptors (Lipinski definition) is 1. The average Bonchev–Trinajstić information content (AvgIpc) is 2.39. The Kier molecular flexibility index (Phi) is 4.00. The summed E-state index contributed by atoms with van der Waals surface area (Å²) in [6, 6.07) is 13.4. The Balaban J connectivity index is 2.26. The summed E-state index contributed by atoms with van der Waals surface area (Å²) in [7, 11) is 0. The van der Waals surface area contributed by atoms with Crippen LogP contribution in [0.3, 0.4) is 0 Å². The summed E-state index contributed by atoms with van der Waals surface area (Å²) in [5, 5.41) is 9.95. The molecule has 0 saturated carbocycles. The molecule has 92 valence electrons. The number of halogens is 2. The van der Waals surface area contributed by atoms with Crippen molar-refractivity contribution in [1.29, 1.82) is 0 Å². The molecule has 0 aliphatic carbocycles. The molecule has 2 rings (SSSR count). The van der Waals surface area contributed by atoms with Crippen LogP contribution in [-0.4, -0.2) is 5.11 Å². The van der Waals surface area contributed by atoms with Crippen LogP contribution < -0.4 is 0 Å². The van der Waals surface area contributed by atoms with E-state index in [-0.39, 0.29) is 5.82 Å². The summed E-state index contributed by atoms with van der Waals surface area (Å²) in [6.45, 7) is 0. The van der Waals surface area contributed by atoms with E-state index in [1.165, 1.54) is 12.1 Å². The van der Waals surface area contributed by atoms with Crippen molar-refractivity contribution in [2.24, 2.45) is 0 Å². The first-order chi connectivity index (χ1) is 8.70. The smallest absolute Gasteiger partial charge is 0.123 e. The van der Waals surface area contributed by atoms with Crippen LogP contribution in [0.4, 0.5) is 4.39 Å². The minimum Gasteiger partial charge on any atom is -0.515 e. The van der Waals surface area contributed by atoms with Crippen LogP contribution in [0, 0.1) is 5.82 Å². The predicted octanol–water partition coefficient (Wildman–Crippen LogP) is 4.62. The van der Waals surface area contributed by atoms with Gasteiger partial charge in [0, 0.05) is 11.4 Å². The first-order valence-electron chi connectivity index (χ1n) is 5.53. The fourth-order valence-corrected chi connectivity index (χ4v) is 1.94. The van der Waals surface area contributed by atoms with E-state index in [0.717, 1.165) is 17.4 Å². The van der Waals surface area contributed by atoms with Gasteiger partial charge >= 0.3 is 0 Å². The van der Waals surface area contributed by atoms with Crippen molar-refractivity contribution >= 4 is 17.2 Å². The quantitative estimate of drug-likeness (QED) is 0.800. The Morgan fingerprint density at radius 2 is 1.78 bits per heavy atom. The Bertz CT molecular complexity index is 561. The molecule has 1 nitrogen and oxygen atoms in total. The number of rotatable bonds is 3. The molecule has 2 aromatic rings. The molecule has 0 aromatic heterocycles. The second kappa shape index (κ2) is 5.69. The lowest BCUT2D eigenvalue weighted by atomic mass is 9.99. The van der Waals surface area contributed by atoms with Crippen LogP contribution in [0.15, 0.2) is 54.8 Å². The lowest BCUT2D eigenvalue weighted by Crippen LogP contribution is -1.92. The van der Waals surface area contributed by atoms with Crippen molar-refractivity contribution in [1.82, 2.24) is 0 Å². The Morgan fingerprint density at radius 3 is 2.39 bits per heavy atom. The molecule has 0 amide bonds. The molecule has 3 heteroatoms. The molecule has 2 aromatic carbocycles. The van der Waals surface area contributed by atoms with E-state index < -0.39 is 0 Å². The molecule has 0 fully saturated rings. The van der Waals surface area contributed by atoms with Crippen LogP contribution in [0.25, 0.3) is 5.57 Å². The second-order valence-corrected chi connectivity index (χ2v) is 4.34. The highest BCUT2D eigenvalue weighted by molar-refractivity contribution is 6.31. The first kappa shape index (κ1) is 12.7. The summed E-state index contributed by atoms with van der Waals surface area (Å²) in [5.74, 6) is -0.297. The minimum atomic E-state index is -0.297. The maximum Gasteiger partial charge on any atom is 0.123 e. The molecule has 0 unspecified atom stereocenters. The number of hydrogen-bond donors (Lipinski definition) is 1. The van der Waals surface area contributed by atoms with Crippen molar-refractivity contribution in [3.05, 3.63) is 76.8 Å². The van der Waals surface area contributed by atoms with Crippen LogP contribution >= 0.6 is 11.6 Å². The number of allylic oxidation sites excluding steroid dienone is 1. The highest BCUT2D eigenvalue weighted by atomic mass is 35.5. The lowest BCUT2D eigenvalue weighted by molar-refractivity contribution is 0.474. The predicted molar refractivity (Wildman–Crippen MR) is 72.2 cm³/mol. The second-order valence-electron chi connectivity index (χ2n) is 3.93. The molecule has 1 N–H and O–H groups in total. The molecule has 0 heterocycles. The van der Waals surface area contributed by atoms with Crippen molar-refractivity contribution in [2.75, 3.05) is 0 Å². The standard InChI is InChI=1S/C15H12ClFO/c16-15-4-2-1-3-12(15)9-13(10-18)11-5-7-14(17)8-6-11/h1-8,10,18H,9H2/b13-10+. The average molecular weight is 263 g/mol. The van der Waals surface area contributed by atoms with Gasteiger partial charge in [0.2, 0.25) is 0 Å². The van der Waals surface area contributed by atoms with Gasteiger partial charge in [-0.25, -0.2) is 4.39 Å². The molecule has 0 saturated heterocycles. The van der Waals surface area contributed by atoms with Gasteiger partial charge in [-0.05, 0) is 34.9 Å². The summed E-state index contributed by atoms with van der Waals surface area (Å²) >= 11 is 6.07. The van der Waals surface area contributed by atoms with Gasteiger partial charge in [0.25, 0.3) is 0 Å². The molecule has 18 heavy (non-hydrogen) atoms. The fraction of sp³-hybridized carbons (Fsp3) is 0.0667. The van der Waals surface area contributed by atoms with Gasteiger partial charge in [-0.2, -0.15) is 0 Å². The summed E-state index contributed by atoms with van der Waals surface area (Å²) < 4.78 is 12.8. The highest BCUT2D eigenvalue weighted by Crippen LogP contribution is 2.24. The van der Waals surface area contributed by atoms with Crippen molar-refractivity contribution < 1.29 is 9.50 Å². The molecule has 0 aliphatic rings. The Labute approximate surface area is 110 Å². The molecule has 0 aliphatic heterocycles. The Hall–Kier alpha value is -1.80. The molecule has 0 spiro atoms. The van der Waals surface area contributed by atoms with Crippen LogP contribution in [-0.2, 0) is 6.42 Å². The SMILES string of the molecule is O/C=C(\Cc1ccccc1Cl)c1ccc(F)cc1. The normalized spacial score (nSPS) is 11.6. The lowest BCUT2D eigenvalue weighted by Gasteiger charge is -2.08. The topological polar surface area (TPSA) is 20.2 Å². The zero-order valence-corrected chi connectivity index (χ0v) is 10.4. The number of aliphatic hydroxyl groups excluding tert-OH is 1. The van der Waals surface area contributed by atoms with Gasteiger partial charge in [-0.1, -0.05) is 41.9 Å². The highest BCUT2D eigenvalue weighted by Gasteiger charge is 2.06. The summed E-state index contributed by atoms with van der Waals surface area (Å²) in [4.78, 5) is 0. The number of benzene rings is 2. The molecule has 0 atom stereocenters. The van der Waals surface area contributed by atoms with E-state index in [2.05, 4.69) is 0 Å². The van der Waals surface area contributed by atoms with Gasteiger partial charge in [-0.15, -0.1) is 0 Å². The van der Waals surface area contributed by atoms with E-state index in [4.69, 9.17) is 11.6 Å². The third kappa shape index (κ3) is 2.90. The van der Waals surface area contributed by atoms with Crippen molar-refractivity contribution in [3.8, 4) is 0 Å². The maximum atomic E-state index is 12.8. The van der Waals surface area contributed by atoms with E-state index in [9.17, 15) is 9.50 Å². The zero-order valence-electron chi connectivity index (χ0n) is 9.61. The first-order valence-corrected chi connectivity index (χ1v) is 5.91. The Morgan fingerprint density at radius 1 is 1.11 bits per heavy atom. The molecule has 0 bridgehead atoms.